The monoisotopic (exact) mass is 354 g/mol. The van der Waals surface area contributed by atoms with Gasteiger partial charge in [-0.2, -0.15) is 0 Å². The van der Waals surface area contributed by atoms with Gasteiger partial charge in [0.2, 0.25) is 0 Å². The Balaban J connectivity index is 2.26. The van der Waals surface area contributed by atoms with Gasteiger partial charge >= 0.3 is 0 Å². The standard InChI is InChI=1S/C15H18N2O4S2/c1-4-16-15(18)13-9-14(10(2)22-13)23(19,20)17-11-5-7-12(21-3)8-6-11/h5-9,17H,4H2,1-3H3,(H,16,18). The van der Waals surface area contributed by atoms with Gasteiger partial charge in [-0.15, -0.1) is 11.3 Å². The van der Waals surface area contributed by atoms with E-state index in [0.29, 0.717) is 27.7 Å². The highest BCUT2D eigenvalue weighted by Crippen LogP contribution is 2.28. The van der Waals surface area contributed by atoms with E-state index in [-0.39, 0.29) is 10.8 Å². The zero-order valence-electron chi connectivity index (χ0n) is 13.0. The molecule has 1 aromatic carbocycles. The first-order chi connectivity index (χ1) is 10.9. The fourth-order valence-electron chi connectivity index (χ4n) is 1.96. The summed E-state index contributed by atoms with van der Waals surface area (Å²) in [6.45, 7) is 3.97. The Bertz CT molecular complexity index is 795. The average molecular weight is 354 g/mol. The van der Waals surface area contributed by atoms with Crippen molar-refractivity contribution < 1.29 is 17.9 Å². The molecular weight excluding hydrogens is 336 g/mol. The van der Waals surface area contributed by atoms with Gasteiger partial charge in [0.1, 0.15) is 10.6 Å². The molecule has 2 rings (SSSR count). The highest BCUT2D eigenvalue weighted by Gasteiger charge is 2.22. The van der Waals surface area contributed by atoms with Crippen LogP contribution in [-0.4, -0.2) is 28.0 Å². The first kappa shape index (κ1) is 17.3. The van der Waals surface area contributed by atoms with E-state index in [4.69, 9.17) is 4.74 Å². The first-order valence-corrected chi connectivity index (χ1v) is 9.23. The van der Waals surface area contributed by atoms with E-state index in [0.717, 1.165) is 11.3 Å². The van der Waals surface area contributed by atoms with Crippen molar-refractivity contribution in [1.29, 1.82) is 0 Å². The Hall–Kier alpha value is -2.06. The van der Waals surface area contributed by atoms with Crippen molar-refractivity contribution >= 4 is 33.0 Å². The lowest BCUT2D eigenvalue weighted by atomic mass is 10.3. The molecule has 124 valence electrons. The summed E-state index contributed by atoms with van der Waals surface area (Å²) < 4.78 is 32.5. The van der Waals surface area contributed by atoms with Crippen molar-refractivity contribution in [3.05, 3.63) is 40.1 Å². The number of carbonyl (C=O) groups is 1. The quantitative estimate of drug-likeness (QED) is 0.835. The van der Waals surface area contributed by atoms with E-state index < -0.39 is 10.0 Å². The highest BCUT2D eigenvalue weighted by atomic mass is 32.2. The topological polar surface area (TPSA) is 84.5 Å². The number of carbonyl (C=O) groups excluding carboxylic acids is 1. The van der Waals surface area contributed by atoms with Gasteiger partial charge in [-0.05, 0) is 44.2 Å². The Morgan fingerprint density at radius 3 is 2.48 bits per heavy atom. The first-order valence-electron chi connectivity index (χ1n) is 6.93. The highest BCUT2D eigenvalue weighted by molar-refractivity contribution is 7.93. The SMILES string of the molecule is CCNC(=O)c1cc(S(=O)(=O)Nc2ccc(OC)cc2)c(C)s1. The molecule has 1 heterocycles. The molecule has 0 unspecified atom stereocenters. The molecule has 0 aliphatic rings. The van der Waals surface area contributed by atoms with E-state index >= 15 is 0 Å². The molecule has 0 spiro atoms. The molecule has 0 saturated heterocycles. The number of sulfonamides is 1. The summed E-state index contributed by atoms with van der Waals surface area (Å²) in [6, 6.07) is 7.96. The maximum atomic E-state index is 12.5. The fourth-order valence-corrected chi connectivity index (χ4v) is 4.53. The third-order valence-electron chi connectivity index (χ3n) is 3.07. The number of anilines is 1. The van der Waals surface area contributed by atoms with Crippen LogP contribution >= 0.6 is 11.3 Å². The summed E-state index contributed by atoms with van der Waals surface area (Å²) in [5.41, 5.74) is 0.427. The van der Waals surface area contributed by atoms with Crippen molar-refractivity contribution in [1.82, 2.24) is 5.32 Å². The summed E-state index contributed by atoms with van der Waals surface area (Å²) in [4.78, 5) is 12.9. The fraction of sp³-hybridized carbons (Fsp3) is 0.267. The number of aryl methyl sites for hydroxylation is 1. The Morgan fingerprint density at radius 1 is 1.26 bits per heavy atom. The molecule has 2 aromatic rings. The van der Waals surface area contributed by atoms with Crippen molar-refractivity contribution in [2.45, 2.75) is 18.7 Å². The maximum Gasteiger partial charge on any atom is 0.263 e. The van der Waals surface area contributed by atoms with E-state index in [1.165, 1.54) is 13.2 Å². The molecule has 1 aromatic heterocycles. The Labute approximate surface area is 139 Å². The predicted molar refractivity (Wildman–Crippen MR) is 90.9 cm³/mol. The smallest absolute Gasteiger partial charge is 0.263 e. The minimum Gasteiger partial charge on any atom is -0.497 e. The Kier molecular flexibility index (Phi) is 5.27. The van der Waals surface area contributed by atoms with Crippen molar-refractivity contribution in [3.8, 4) is 5.75 Å². The number of thiophene rings is 1. The number of ether oxygens (including phenoxy) is 1. The van der Waals surface area contributed by atoms with Crippen LogP contribution in [0.15, 0.2) is 35.2 Å². The number of hydrogen-bond acceptors (Lipinski definition) is 5. The number of methoxy groups -OCH3 is 1. The molecule has 0 aliphatic heterocycles. The van der Waals surface area contributed by atoms with E-state index in [2.05, 4.69) is 10.0 Å². The van der Waals surface area contributed by atoms with Gasteiger partial charge in [0, 0.05) is 17.1 Å². The molecule has 23 heavy (non-hydrogen) atoms. The van der Waals surface area contributed by atoms with Crippen LogP contribution in [0.4, 0.5) is 5.69 Å². The van der Waals surface area contributed by atoms with E-state index in [1.54, 1.807) is 38.1 Å². The van der Waals surface area contributed by atoms with Crippen molar-refractivity contribution in [2.24, 2.45) is 0 Å². The van der Waals surface area contributed by atoms with Gasteiger partial charge in [0.05, 0.1) is 12.0 Å². The summed E-state index contributed by atoms with van der Waals surface area (Å²) in [5, 5.41) is 2.66. The zero-order valence-corrected chi connectivity index (χ0v) is 14.7. The van der Waals surface area contributed by atoms with Crippen LogP contribution in [0.25, 0.3) is 0 Å². The molecule has 0 saturated carbocycles. The zero-order chi connectivity index (χ0) is 17.0. The lowest BCUT2D eigenvalue weighted by Gasteiger charge is -2.08. The molecule has 0 atom stereocenters. The number of benzene rings is 1. The molecule has 8 heteroatoms. The minimum absolute atomic E-state index is 0.111. The van der Waals surface area contributed by atoms with E-state index in [1.807, 2.05) is 0 Å². The largest absolute Gasteiger partial charge is 0.497 e. The third-order valence-corrected chi connectivity index (χ3v) is 5.75. The minimum atomic E-state index is -3.75. The van der Waals surface area contributed by atoms with Crippen LogP contribution < -0.4 is 14.8 Å². The van der Waals surface area contributed by atoms with Gasteiger partial charge in [0.15, 0.2) is 0 Å². The second kappa shape index (κ2) is 7.01. The number of rotatable bonds is 6. The Morgan fingerprint density at radius 2 is 1.91 bits per heavy atom. The lowest BCUT2D eigenvalue weighted by molar-refractivity contribution is 0.0959. The molecule has 2 N–H and O–H groups in total. The molecule has 0 fully saturated rings. The number of hydrogen-bond donors (Lipinski definition) is 2. The average Bonchev–Trinajstić information content (AvgIpc) is 2.91. The van der Waals surface area contributed by atoms with Crippen LogP contribution in [0.5, 0.6) is 5.75 Å². The normalized spacial score (nSPS) is 11.1. The maximum absolute atomic E-state index is 12.5. The van der Waals surface area contributed by atoms with E-state index in [9.17, 15) is 13.2 Å². The summed E-state index contributed by atoms with van der Waals surface area (Å²) in [6.07, 6.45) is 0. The van der Waals surface area contributed by atoms with Gasteiger partial charge in [-0.1, -0.05) is 0 Å². The molecule has 1 amide bonds. The molecule has 6 nitrogen and oxygen atoms in total. The summed E-state index contributed by atoms with van der Waals surface area (Å²) in [5.74, 6) is 0.365. The lowest BCUT2D eigenvalue weighted by Crippen LogP contribution is -2.21. The van der Waals surface area contributed by atoms with Gasteiger partial charge in [-0.3, -0.25) is 9.52 Å². The molecule has 0 bridgehead atoms. The van der Waals surface area contributed by atoms with Crippen LogP contribution in [0.2, 0.25) is 0 Å². The third kappa shape index (κ3) is 4.02. The number of nitrogens with one attached hydrogen (secondary N) is 2. The van der Waals surface area contributed by atoms with Gasteiger partial charge in [-0.25, -0.2) is 8.42 Å². The summed E-state index contributed by atoms with van der Waals surface area (Å²) >= 11 is 1.15. The van der Waals surface area contributed by atoms with Gasteiger partial charge < -0.3 is 10.1 Å². The molecular formula is C15H18N2O4S2. The van der Waals surface area contributed by atoms with Crippen molar-refractivity contribution in [2.75, 3.05) is 18.4 Å². The van der Waals surface area contributed by atoms with Crippen LogP contribution in [0.1, 0.15) is 21.5 Å². The van der Waals surface area contributed by atoms with Crippen LogP contribution in [-0.2, 0) is 10.0 Å². The molecule has 0 aliphatic carbocycles. The van der Waals surface area contributed by atoms with Crippen molar-refractivity contribution in [3.63, 3.8) is 0 Å². The van der Waals surface area contributed by atoms with Gasteiger partial charge in [0.25, 0.3) is 15.9 Å². The number of amides is 1. The van der Waals surface area contributed by atoms with Crippen LogP contribution in [0, 0.1) is 6.92 Å². The second-order valence-corrected chi connectivity index (χ2v) is 7.63. The van der Waals surface area contributed by atoms with Crippen LogP contribution in [0.3, 0.4) is 0 Å². The summed E-state index contributed by atoms with van der Waals surface area (Å²) in [7, 11) is -2.21. The second-order valence-electron chi connectivity index (χ2n) is 4.72. The predicted octanol–water partition coefficient (Wildman–Crippen LogP) is 2.62. The molecule has 0 radical (unpaired) electrons.